The molecular weight excluding hydrogens is 440 g/mol. The molecular formula is C25H21ClN4O3. The number of aromatic nitrogens is 1. The minimum Gasteiger partial charge on any atom is -0.494 e. The minimum absolute atomic E-state index is 0.0179. The number of rotatable bonds is 6. The van der Waals surface area contributed by atoms with Crippen LogP contribution < -0.4 is 10.6 Å². The quantitative estimate of drug-likeness (QED) is 0.367. The number of nitrogens with one attached hydrogen (secondary N) is 1. The van der Waals surface area contributed by atoms with Crippen molar-refractivity contribution in [3.8, 4) is 5.88 Å². The molecule has 0 aliphatic rings. The Hall–Kier alpha value is -4.10. The molecule has 7 nitrogen and oxygen atoms in total. The van der Waals surface area contributed by atoms with Crippen LogP contribution in [0.5, 0.6) is 5.88 Å². The molecule has 4 rings (SSSR count). The molecule has 33 heavy (non-hydrogen) atoms. The Morgan fingerprint density at radius 3 is 2.39 bits per heavy atom. The molecule has 0 radical (unpaired) electrons. The second-order valence-electron chi connectivity index (χ2n) is 7.45. The summed E-state index contributed by atoms with van der Waals surface area (Å²) in [7, 11) is 0. The third kappa shape index (κ3) is 4.73. The number of anilines is 1. The van der Waals surface area contributed by atoms with Crippen LogP contribution in [0.1, 0.15) is 18.1 Å². The summed E-state index contributed by atoms with van der Waals surface area (Å²) in [5.74, 6) is -0.915. The number of aromatic amines is 1. The molecule has 4 aromatic rings. The van der Waals surface area contributed by atoms with Gasteiger partial charge in [0.2, 0.25) is 11.8 Å². The monoisotopic (exact) mass is 460 g/mol. The minimum atomic E-state index is -0.603. The summed E-state index contributed by atoms with van der Waals surface area (Å²) in [6.45, 7) is 1.16. The van der Waals surface area contributed by atoms with E-state index in [1.54, 1.807) is 36.4 Å². The van der Waals surface area contributed by atoms with Crippen LogP contribution in [0.3, 0.4) is 0 Å². The zero-order valence-corrected chi connectivity index (χ0v) is 18.5. The zero-order chi connectivity index (χ0) is 23.5. The first-order valence-corrected chi connectivity index (χ1v) is 10.5. The lowest BCUT2D eigenvalue weighted by Gasteiger charge is -2.19. The number of aromatic hydroxyl groups is 1. The second-order valence-corrected chi connectivity index (χ2v) is 7.89. The third-order valence-electron chi connectivity index (χ3n) is 5.12. The van der Waals surface area contributed by atoms with E-state index < -0.39 is 5.91 Å². The number of amides is 2. The largest absolute Gasteiger partial charge is 0.494 e. The van der Waals surface area contributed by atoms with Gasteiger partial charge in [-0.1, -0.05) is 48.0 Å². The van der Waals surface area contributed by atoms with E-state index in [9.17, 15) is 14.7 Å². The van der Waals surface area contributed by atoms with Crippen LogP contribution >= 0.6 is 11.6 Å². The Morgan fingerprint density at radius 2 is 1.76 bits per heavy atom. The average Bonchev–Trinajstić information content (AvgIpc) is 3.11. The molecule has 0 atom stereocenters. The van der Waals surface area contributed by atoms with Crippen LogP contribution in [-0.4, -0.2) is 34.2 Å². The van der Waals surface area contributed by atoms with Gasteiger partial charge in [0.15, 0.2) is 5.88 Å². The average molecular weight is 461 g/mol. The van der Waals surface area contributed by atoms with Crippen molar-refractivity contribution in [1.82, 2.24) is 4.98 Å². The number of nitrogens with zero attached hydrogens (tertiary/aromatic N) is 2. The van der Waals surface area contributed by atoms with Crippen molar-refractivity contribution in [1.29, 1.82) is 0 Å². The number of hydrogen-bond donors (Lipinski definition) is 3. The van der Waals surface area contributed by atoms with Crippen molar-refractivity contribution in [2.24, 2.45) is 10.7 Å². The van der Waals surface area contributed by atoms with Crippen molar-refractivity contribution in [3.05, 3.63) is 88.9 Å². The summed E-state index contributed by atoms with van der Waals surface area (Å²) in [5, 5.41) is 12.1. The van der Waals surface area contributed by atoms with Gasteiger partial charge in [-0.05, 0) is 36.4 Å². The van der Waals surface area contributed by atoms with E-state index in [1.165, 1.54) is 11.8 Å². The summed E-state index contributed by atoms with van der Waals surface area (Å²) in [6.07, 6.45) is 0. The fraction of sp³-hybridized carbons (Fsp3) is 0.0800. The molecule has 166 valence electrons. The molecule has 8 heteroatoms. The Labute approximate surface area is 195 Å². The SMILES string of the molecule is CC(=O)N(CC(N)=O)c1ccc(N=C(c2ccccc2)c2c(O)[nH]c3cc(Cl)ccc23)cc1. The summed E-state index contributed by atoms with van der Waals surface area (Å²) >= 11 is 6.11. The number of carbonyl (C=O) groups is 2. The third-order valence-corrected chi connectivity index (χ3v) is 5.36. The van der Waals surface area contributed by atoms with Crippen molar-refractivity contribution in [3.63, 3.8) is 0 Å². The normalized spacial score (nSPS) is 11.5. The van der Waals surface area contributed by atoms with Gasteiger partial charge in [-0.25, -0.2) is 4.99 Å². The lowest BCUT2D eigenvalue weighted by Crippen LogP contribution is -2.37. The van der Waals surface area contributed by atoms with Crippen LogP contribution in [0.4, 0.5) is 11.4 Å². The molecule has 0 saturated heterocycles. The van der Waals surface area contributed by atoms with E-state index in [1.807, 2.05) is 36.4 Å². The van der Waals surface area contributed by atoms with E-state index in [2.05, 4.69) is 4.98 Å². The molecule has 0 fully saturated rings. The highest BCUT2D eigenvalue weighted by Crippen LogP contribution is 2.33. The van der Waals surface area contributed by atoms with Crippen molar-refractivity contribution in [2.45, 2.75) is 6.92 Å². The van der Waals surface area contributed by atoms with Crippen LogP contribution in [-0.2, 0) is 9.59 Å². The fourth-order valence-electron chi connectivity index (χ4n) is 3.63. The molecule has 2 amide bonds. The topological polar surface area (TPSA) is 112 Å². The predicted octanol–water partition coefficient (Wildman–Crippen LogP) is 4.53. The van der Waals surface area contributed by atoms with Gasteiger partial charge in [0.05, 0.1) is 22.5 Å². The van der Waals surface area contributed by atoms with Gasteiger partial charge in [0, 0.05) is 28.6 Å². The molecule has 0 unspecified atom stereocenters. The van der Waals surface area contributed by atoms with E-state index in [-0.39, 0.29) is 18.3 Å². The summed E-state index contributed by atoms with van der Waals surface area (Å²) < 4.78 is 0. The van der Waals surface area contributed by atoms with E-state index in [0.717, 1.165) is 10.9 Å². The van der Waals surface area contributed by atoms with E-state index in [4.69, 9.17) is 22.3 Å². The Bertz CT molecular complexity index is 1360. The smallest absolute Gasteiger partial charge is 0.237 e. The van der Waals surface area contributed by atoms with Gasteiger partial charge < -0.3 is 20.7 Å². The fourth-order valence-corrected chi connectivity index (χ4v) is 3.80. The molecule has 1 aromatic heterocycles. The van der Waals surface area contributed by atoms with Crippen molar-refractivity contribution < 1.29 is 14.7 Å². The summed E-state index contributed by atoms with van der Waals surface area (Å²) in [6, 6.07) is 21.7. The Morgan fingerprint density at radius 1 is 1.06 bits per heavy atom. The zero-order valence-electron chi connectivity index (χ0n) is 17.7. The first kappa shape index (κ1) is 22.1. The van der Waals surface area contributed by atoms with E-state index >= 15 is 0 Å². The first-order valence-electron chi connectivity index (χ1n) is 10.1. The number of hydrogen-bond acceptors (Lipinski definition) is 4. The number of halogens is 1. The molecule has 0 saturated carbocycles. The maximum absolute atomic E-state index is 11.9. The Kier molecular flexibility index (Phi) is 6.15. The number of nitrogens with two attached hydrogens (primary N) is 1. The van der Waals surface area contributed by atoms with Crippen LogP contribution in [0.15, 0.2) is 77.8 Å². The summed E-state index contributed by atoms with van der Waals surface area (Å²) in [5.41, 5.74) is 9.02. The highest BCUT2D eigenvalue weighted by atomic mass is 35.5. The van der Waals surface area contributed by atoms with Crippen molar-refractivity contribution >= 4 is 51.4 Å². The number of fused-ring (bicyclic) bond motifs is 1. The summed E-state index contributed by atoms with van der Waals surface area (Å²) in [4.78, 5) is 32.3. The number of carbonyl (C=O) groups excluding carboxylic acids is 2. The number of benzene rings is 3. The first-order chi connectivity index (χ1) is 15.8. The molecule has 1 heterocycles. The molecule has 0 bridgehead atoms. The van der Waals surface area contributed by atoms with Crippen LogP contribution in [0.25, 0.3) is 10.9 Å². The van der Waals surface area contributed by atoms with Gasteiger partial charge in [0.25, 0.3) is 0 Å². The standard InChI is InChI=1S/C25H21ClN4O3/c1-15(31)30(14-22(27)32)19-10-8-18(9-11-19)28-24(16-5-3-2-4-6-16)23-20-12-7-17(26)13-21(20)29-25(23)33/h2-13,29,33H,14H2,1H3,(H2,27,32). The maximum Gasteiger partial charge on any atom is 0.237 e. The Balaban J connectivity index is 1.82. The number of primary amides is 1. The van der Waals surface area contributed by atoms with Crippen molar-refractivity contribution in [2.75, 3.05) is 11.4 Å². The lowest BCUT2D eigenvalue weighted by molar-refractivity contribution is -0.121. The molecule has 0 aliphatic carbocycles. The highest BCUT2D eigenvalue weighted by Gasteiger charge is 2.19. The molecule has 0 spiro atoms. The second kappa shape index (κ2) is 9.18. The van der Waals surface area contributed by atoms with E-state index in [0.29, 0.717) is 33.2 Å². The van der Waals surface area contributed by atoms with Gasteiger partial charge in [-0.15, -0.1) is 0 Å². The van der Waals surface area contributed by atoms with Gasteiger partial charge in [0.1, 0.15) is 6.54 Å². The highest BCUT2D eigenvalue weighted by molar-refractivity contribution is 6.31. The predicted molar refractivity (Wildman–Crippen MR) is 130 cm³/mol. The lowest BCUT2D eigenvalue weighted by atomic mass is 10.0. The number of H-pyrrole nitrogens is 1. The van der Waals surface area contributed by atoms with Gasteiger partial charge in [-0.3, -0.25) is 9.59 Å². The van der Waals surface area contributed by atoms with Crippen LogP contribution in [0, 0.1) is 0 Å². The number of aliphatic imine (C=N–C) groups is 1. The maximum atomic E-state index is 11.9. The van der Waals surface area contributed by atoms with Gasteiger partial charge in [-0.2, -0.15) is 0 Å². The van der Waals surface area contributed by atoms with Crippen LogP contribution in [0.2, 0.25) is 5.02 Å². The van der Waals surface area contributed by atoms with Gasteiger partial charge >= 0.3 is 0 Å². The molecule has 3 aromatic carbocycles. The molecule has 4 N–H and O–H groups in total. The molecule has 0 aliphatic heterocycles.